The summed E-state index contributed by atoms with van der Waals surface area (Å²) in [6.45, 7) is 4.38. The molecule has 7 nitrogen and oxygen atoms in total. The van der Waals surface area contributed by atoms with Crippen molar-refractivity contribution in [1.82, 2.24) is 10.6 Å². The number of ether oxygens (including phenoxy) is 1. The van der Waals surface area contributed by atoms with Crippen molar-refractivity contribution in [2.24, 2.45) is 17.8 Å². The molecule has 3 saturated carbocycles. The summed E-state index contributed by atoms with van der Waals surface area (Å²) < 4.78 is 24.7. The first-order valence-corrected chi connectivity index (χ1v) is 13.7. The summed E-state index contributed by atoms with van der Waals surface area (Å²) in [5, 5.41) is 6.48. The van der Waals surface area contributed by atoms with Gasteiger partial charge in [-0.25, -0.2) is 4.39 Å². The van der Waals surface area contributed by atoms with Crippen molar-refractivity contribution in [2.75, 3.05) is 14.2 Å². The second-order valence-electron chi connectivity index (χ2n) is 11.2. The molecule has 210 valence electrons. The van der Waals surface area contributed by atoms with E-state index in [4.69, 9.17) is 9.15 Å². The van der Waals surface area contributed by atoms with E-state index in [-0.39, 0.29) is 29.5 Å². The van der Waals surface area contributed by atoms with Crippen LogP contribution in [0.2, 0.25) is 0 Å². The van der Waals surface area contributed by atoms with Crippen LogP contribution in [0.4, 0.5) is 4.39 Å². The van der Waals surface area contributed by atoms with Gasteiger partial charge in [0.1, 0.15) is 17.2 Å². The van der Waals surface area contributed by atoms with Crippen LogP contribution in [0.15, 0.2) is 65.1 Å². The molecular formula is C33H31FN2O5. The summed E-state index contributed by atoms with van der Waals surface area (Å²) in [7, 11) is 2.85. The van der Waals surface area contributed by atoms with Gasteiger partial charge in [0.2, 0.25) is 0 Å². The van der Waals surface area contributed by atoms with Gasteiger partial charge in [0.05, 0.1) is 19.1 Å². The van der Waals surface area contributed by atoms with Crippen LogP contribution >= 0.6 is 0 Å². The quantitative estimate of drug-likeness (QED) is 0.283. The molecule has 0 spiro atoms. The highest BCUT2D eigenvalue weighted by molar-refractivity contribution is 6.12. The third-order valence-electron chi connectivity index (χ3n) is 9.30. The molecule has 3 fully saturated rings. The van der Waals surface area contributed by atoms with Gasteiger partial charge in [0.25, 0.3) is 11.8 Å². The lowest BCUT2D eigenvalue weighted by Crippen LogP contribution is -2.80. The number of carbonyl (C=O) groups excluding carboxylic acids is 3. The predicted octanol–water partition coefficient (Wildman–Crippen LogP) is 5.76. The Labute approximate surface area is 237 Å². The Morgan fingerprint density at radius 3 is 2.37 bits per heavy atom. The highest BCUT2D eigenvalue weighted by Crippen LogP contribution is 2.65. The van der Waals surface area contributed by atoms with E-state index in [0.717, 1.165) is 6.42 Å². The van der Waals surface area contributed by atoms with E-state index in [9.17, 15) is 18.8 Å². The normalized spacial score (nSPS) is 22.4. The fourth-order valence-corrected chi connectivity index (χ4v) is 6.66. The van der Waals surface area contributed by atoms with Crippen LogP contribution in [0.3, 0.4) is 0 Å². The number of amides is 2. The molecule has 4 aromatic rings. The fourth-order valence-electron chi connectivity index (χ4n) is 6.66. The van der Waals surface area contributed by atoms with Gasteiger partial charge >= 0.3 is 5.97 Å². The van der Waals surface area contributed by atoms with E-state index in [0.29, 0.717) is 62.1 Å². The summed E-state index contributed by atoms with van der Waals surface area (Å²) in [5.74, 6) is 0.557. The van der Waals surface area contributed by atoms with Crippen molar-refractivity contribution in [3.05, 3.63) is 83.2 Å². The molecule has 2 amide bonds. The third-order valence-corrected chi connectivity index (χ3v) is 9.30. The first-order valence-electron chi connectivity index (χ1n) is 13.7. The molecule has 0 unspecified atom stereocenters. The number of halogens is 1. The lowest BCUT2D eigenvalue weighted by molar-refractivity contribution is -0.184. The summed E-state index contributed by atoms with van der Waals surface area (Å²) in [5.41, 5.74) is 3.60. The molecule has 3 aliphatic rings. The van der Waals surface area contributed by atoms with Crippen molar-refractivity contribution < 1.29 is 27.9 Å². The Balaban J connectivity index is 1.47. The van der Waals surface area contributed by atoms with Crippen molar-refractivity contribution in [3.8, 4) is 22.5 Å². The number of esters is 1. The first-order chi connectivity index (χ1) is 19.7. The number of methoxy groups -OCH3 is 1. The molecule has 41 heavy (non-hydrogen) atoms. The number of furan rings is 1. The molecule has 7 rings (SSSR count). The van der Waals surface area contributed by atoms with Crippen LogP contribution in [0.5, 0.6) is 0 Å². The molecule has 3 aromatic carbocycles. The molecule has 1 heterocycles. The second-order valence-corrected chi connectivity index (χ2v) is 11.2. The lowest BCUT2D eigenvalue weighted by atomic mass is 9.37. The molecule has 8 heteroatoms. The number of nitrogens with one attached hydrogen (secondary N) is 2. The number of hydrogen-bond acceptors (Lipinski definition) is 5. The summed E-state index contributed by atoms with van der Waals surface area (Å²) >= 11 is 0. The third kappa shape index (κ3) is 4.20. The Morgan fingerprint density at radius 2 is 1.73 bits per heavy atom. The fraction of sp³-hybridized carbons (Fsp3) is 0.303. The highest BCUT2D eigenvalue weighted by atomic mass is 19.1. The van der Waals surface area contributed by atoms with Crippen LogP contribution in [-0.4, -0.2) is 37.5 Å². The van der Waals surface area contributed by atoms with Crippen molar-refractivity contribution in [1.29, 1.82) is 0 Å². The number of hydrogen-bond donors (Lipinski definition) is 2. The molecule has 2 atom stereocenters. The molecule has 0 saturated heterocycles. The van der Waals surface area contributed by atoms with Gasteiger partial charge in [-0.3, -0.25) is 14.4 Å². The molecule has 2 N–H and O–H groups in total. The smallest absolute Gasteiger partial charge is 0.310 e. The van der Waals surface area contributed by atoms with E-state index in [1.54, 1.807) is 36.4 Å². The van der Waals surface area contributed by atoms with Crippen molar-refractivity contribution in [3.63, 3.8) is 0 Å². The van der Waals surface area contributed by atoms with Crippen LogP contribution in [0, 0.1) is 23.6 Å². The van der Waals surface area contributed by atoms with E-state index in [2.05, 4.69) is 24.5 Å². The zero-order valence-electron chi connectivity index (χ0n) is 23.3. The molecule has 3 aliphatic carbocycles. The summed E-state index contributed by atoms with van der Waals surface area (Å²) in [6, 6.07) is 16.5. The number of benzene rings is 3. The first kappa shape index (κ1) is 26.7. The minimum atomic E-state index is -0.442. The van der Waals surface area contributed by atoms with Crippen LogP contribution in [0.25, 0.3) is 33.4 Å². The Morgan fingerprint density at radius 1 is 1.00 bits per heavy atom. The summed E-state index contributed by atoms with van der Waals surface area (Å²) in [6.07, 6.45) is 0.972. The van der Waals surface area contributed by atoms with E-state index in [1.807, 2.05) is 12.1 Å². The van der Waals surface area contributed by atoms with Gasteiger partial charge in [0.15, 0.2) is 0 Å². The SMILES string of the molecule is CNC(=O)c1c(-c2ccc(F)cc2)oc2cc(CC(=O)OC)c(-c3cccc(C(=O)NC45CC([C@@H]4C)[C@@H]5C)c3)cc12. The summed E-state index contributed by atoms with van der Waals surface area (Å²) in [4.78, 5) is 38.9. The lowest BCUT2D eigenvalue weighted by Gasteiger charge is -2.72. The van der Waals surface area contributed by atoms with Crippen LogP contribution in [-0.2, 0) is 16.0 Å². The second kappa shape index (κ2) is 9.87. The largest absolute Gasteiger partial charge is 0.469 e. The van der Waals surface area contributed by atoms with E-state index in [1.165, 1.54) is 26.3 Å². The number of rotatable bonds is 7. The molecular weight excluding hydrogens is 523 g/mol. The predicted molar refractivity (Wildman–Crippen MR) is 153 cm³/mol. The average Bonchev–Trinajstić information content (AvgIpc) is 3.36. The zero-order valence-corrected chi connectivity index (χ0v) is 23.3. The maximum Gasteiger partial charge on any atom is 0.310 e. The average molecular weight is 555 g/mol. The molecule has 0 radical (unpaired) electrons. The number of carbonyl (C=O) groups is 3. The van der Waals surface area contributed by atoms with Gasteiger partial charge < -0.3 is 19.8 Å². The van der Waals surface area contributed by atoms with Crippen LogP contribution < -0.4 is 10.6 Å². The Bertz CT molecular complexity index is 1700. The molecule has 1 aromatic heterocycles. The zero-order chi connectivity index (χ0) is 29.1. The minimum Gasteiger partial charge on any atom is -0.469 e. The van der Waals surface area contributed by atoms with Crippen LogP contribution in [0.1, 0.15) is 46.5 Å². The van der Waals surface area contributed by atoms with Gasteiger partial charge in [-0.1, -0.05) is 26.0 Å². The monoisotopic (exact) mass is 554 g/mol. The molecule has 0 aliphatic heterocycles. The number of fused-ring (bicyclic) bond motifs is 1. The standard InChI is InChI=1S/C33H31FN2O5/c1-17-26-16-33(17,18(26)2)36-31(38)21-7-5-6-20(12-21)24-15-25-27(13-22(24)14-28(37)40-4)41-30(29(25)32(39)35-3)19-8-10-23(34)11-9-19/h5-13,15,17-18,26H,14,16H2,1-4H3,(H,35,39)(H,36,38)/t17-,18-,26?,33?/m0/s1. The van der Waals surface area contributed by atoms with Crippen molar-refractivity contribution >= 4 is 28.8 Å². The van der Waals surface area contributed by atoms with Gasteiger partial charge in [0, 0.05) is 29.1 Å². The Kier molecular flexibility index (Phi) is 6.44. The Hall–Kier alpha value is -4.46. The topological polar surface area (TPSA) is 97.6 Å². The molecule has 2 bridgehead atoms. The van der Waals surface area contributed by atoms with Crippen molar-refractivity contribution in [2.45, 2.75) is 32.2 Å². The highest BCUT2D eigenvalue weighted by Gasteiger charge is 2.69. The van der Waals surface area contributed by atoms with Gasteiger partial charge in [-0.05, 0) is 89.4 Å². The minimum absolute atomic E-state index is 0.0420. The van der Waals surface area contributed by atoms with Gasteiger partial charge in [-0.2, -0.15) is 0 Å². The maximum atomic E-state index is 13.6. The maximum absolute atomic E-state index is 13.6. The van der Waals surface area contributed by atoms with Gasteiger partial charge in [-0.15, -0.1) is 0 Å². The van der Waals surface area contributed by atoms with E-state index < -0.39 is 11.8 Å². The van der Waals surface area contributed by atoms with E-state index >= 15 is 0 Å².